The lowest BCUT2D eigenvalue weighted by Crippen LogP contribution is -2.54. The van der Waals surface area contributed by atoms with Crippen molar-refractivity contribution in [3.8, 4) is 0 Å². The van der Waals surface area contributed by atoms with Gasteiger partial charge in [0, 0.05) is 18.8 Å². The van der Waals surface area contributed by atoms with Gasteiger partial charge in [-0.3, -0.25) is 9.59 Å². The first kappa shape index (κ1) is 16.1. The van der Waals surface area contributed by atoms with Crippen LogP contribution < -0.4 is 5.56 Å². The molecule has 2 aromatic heterocycles. The molecule has 2 atom stereocenters. The number of fused-ring (bicyclic) bond motifs is 1. The third-order valence-electron chi connectivity index (χ3n) is 5.09. The van der Waals surface area contributed by atoms with Gasteiger partial charge in [-0.2, -0.15) is 0 Å². The second kappa shape index (κ2) is 6.88. The summed E-state index contributed by atoms with van der Waals surface area (Å²) in [6, 6.07) is 8.64. The Hall–Kier alpha value is -2.34. The molecule has 1 saturated heterocycles. The van der Waals surface area contributed by atoms with E-state index in [-0.39, 0.29) is 23.6 Å². The number of carbonyl (C=O) groups is 1. The average molecular weight is 342 g/mol. The van der Waals surface area contributed by atoms with E-state index in [4.69, 9.17) is 9.15 Å². The zero-order valence-electron chi connectivity index (χ0n) is 14.1. The summed E-state index contributed by atoms with van der Waals surface area (Å²) in [5, 5.41) is 0. The van der Waals surface area contributed by atoms with Gasteiger partial charge in [-0.25, -0.2) is 0 Å². The normalized spacial score (nSPS) is 23.3. The van der Waals surface area contributed by atoms with E-state index in [0.717, 1.165) is 19.3 Å². The first-order valence-electron chi connectivity index (χ1n) is 8.89. The number of aromatic nitrogens is 1. The lowest BCUT2D eigenvalue weighted by molar-refractivity contribution is -0.0759. The fourth-order valence-corrected chi connectivity index (χ4v) is 3.83. The smallest absolute Gasteiger partial charge is 0.289 e. The molecule has 2 fully saturated rings. The summed E-state index contributed by atoms with van der Waals surface area (Å²) in [6.07, 6.45) is 6.18. The Morgan fingerprint density at radius 3 is 2.92 bits per heavy atom. The predicted octanol–water partition coefficient (Wildman–Crippen LogP) is 2.27. The van der Waals surface area contributed by atoms with E-state index < -0.39 is 0 Å². The molecule has 1 aliphatic carbocycles. The van der Waals surface area contributed by atoms with Gasteiger partial charge in [0.2, 0.25) is 0 Å². The number of rotatable bonds is 3. The minimum absolute atomic E-state index is 0.0770. The molecule has 4 rings (SSSR count). The van der Waals surface area contributed by atoms with Crippen LogP contribution in [0.5, 0.6) is 0 Å². The largest absolute Gasteiger partial charge is 0.454 e. The van der Waals surface area contributed by atoms with Crippen molar-refractivity contribution in [3.63, 3.8) is 0 Å². The quantitative estimate of drug-likeness (QED) is 0.858. The van der Waals surface area contributed by atoms with Crippen LogP contribution in [0.2, 0.25) is 0 Å². The summed E-state index contributed by atoms with van der Waals surface area (Å²) in [5.74, 6) is 0.863. The Morgan fingerprint density at radius 2 is 2.04 bits per heavy atom. The van der Waals surface area contributed by atoms with Crippen molar-refractivity contribution < 1.29 is 13.9 Å². The highest BCUT2D eigenvalue weighted by molar-refractivity contribution is 5.91. The van der Waals surface area contributed by atoms with Gasteiger partial charge < -0.3 is 18.6 Å². The third kappa shape index (κ3) is 3.26. The lowest BCUT2D eigenvalue weighted by atomic mass is 9.90. The first-order valence-corrected chi connectivity index (χ1v) is 8.89. The number of hydrogen-bond donors (Lipinski definition) is 0. The van der Waals surface area contributed by atoms with Gasteiger partial charge in [0.05, 0.1) is 25.3 Å². The number of ether oxygens (including phenoxy) is 1. The number of furan rings is 1. The molecule has 6 heteroatoms. The minimum atomic E-state index is -0.0926. The van der Waals surface area contributed by atoms with Crippen LogP contribution in [-0.4, -0.2) is 40.7 Å². The van der Waals surface area contributed by atoms with Gasteiger partial charge in [-0.15, -0.1) is 0 Å². The highest BCUT2D eigenvalue weighted by atomic mass is 16.5. The maximum absolute atomic E-state index is 12.9. The summed E-state index contributed by atoms with van der Waals surface area (Å²) in [7, 11) is 0. The topological polar surface area (TPSA) is 64.7 Å². The molecule has 2 aromatic rings. The first-order chi connectivity index (χ1) is 12.2. The van der Waals surface area contributed by atoms with Crippen molar-refractivity contribution in [2.45, 2.75) is 44.4 Å². The zero-order valence-corrected chi connectivity index (χ0v) is 14.1. The van der Waals surface area contributed by atoms with Gasteiger partial charge in [-0.05, 0) is 31.0 Å². The summed E-state index contributed by atoms with van der Waals surface area (Å²) in [6.45, 7) is 1.51. The van der Waals surface area contributed by atoms with Gasteiger partial charge >= 0.3 is 0 Å². The van der Waals surface area contributed by atoms with Gasteiger partial charge in [0.15, 0.2) is 5.76 Å². The molecule has 0 unspecified atom stereocenters. The number of amides is 1. The molecule has 132 valence electrons. The molecule has 3 heterocycles. The molecule has 1 aliphatic heterocycles. The van der Waals surface area contributed by atoms with E-state index in [9.17, 15) is 9.59 Å². The van der Waals surface area contributed by atoms with Crippen molar-refractivity contribution >= 4 is 5.91 Å². The van der Waals surface area contributed by atoms with Gasteiger partial charge in [0.25, 0.3) is 11.5 Å². The van der Waals surface area contributed by atoms with E-state index in [1.165, 1.54) is 12.5 Å². The molecule has 0 N–H and O–H groups in total. The van der Waals surface area contributed by atoms with Crippen molar-refractivity contribution in [2.24, 2.45) is 0 Å². The SMILES string of the molecule is O=C(c1ccc(Cn2ccccc2=O)o1)N1CCO[C@H]2CCCC[C@H]21. The molecule has 2 aliphatic rings. The number of carbonyl (C=O) groups excluding carboxylic acids is 1. The fourth-order valence-electron chi connectivity index (χ4n) is 3.83. The molecule has 1 saturated carbocycles. The van der Waals surface area contributed by atoms with Gasteiger partial charge in [0.1, 0.15) is 5.76 Å². The Kier molecular flexibility index (Phi) is 4.44. The monoisotopic (exact) mass is 342 g/mol. The second-order valence-electron chi connectivity index (χ2n) is 6.69. The third-order valence-corrected chi connectivity index (χ3v) is 5.09. The van der Waals surface area contributed by atoms with Crippen molar-refractivity contribution in [2.75, 3.05) is 13.2 Å². The second-order valence-corrected chi connectivity index (χ2v) is 6.69. The number of nitrogens with zero attached hydrogens (tertiary/aromatic N) is 2. The number of hydrogen-bond acceptors (Lipinski definition) is 4. The Balaban J connectivity index is 1.50. The van der Waals surface area contributed by atoms with Crippen LogP contribution in [0.1, 0.15) is 42.0 Å². The maximum atomic E-state index is 12.9. The molecule has 6 nitrogen and oxygen atoms in total. The average Bonchev–Trinajstić information content (AvgIpc) is 3.11. The van der Waals surface area contributed by atoms with Crippen LogP contribution in [0, 0.1) is 0 Å². The summed E-state index contributed by atoms with van der Waals surface area (Å²) in [4.78, 5) is 26.6. The highest BCUT2D eigenvalue weighted by Gasteiger charge is 2.37. The van der Waals surface area contributed by atoms with Gasteiger partial charge in [-0.1, -0.05) is 18.9 Å². The summed E-state index contributed by atoms with van der Waals surface area (Å²) >= 11 is 0. The van der Waals surface area contributed by atoms with E-state index in [1.807, 2.05) is 4.90 Å². The Labute approximate surface area is 146 Å². The maximum Gasteiger partial charge on any atom is 0.289 e. The van der Waals surface area contributed by atoms with E-state index in [0.29, 0.717) is 31.2 Å². The van der Waals surface area contributed by atoms with Crippen molar-refractivity contribution in [3.05, 3.63) is 58.4 Å². The van der Waals surface area contributed by atoms with E-state index in [1.54, 1.807) is 35.0 Å². The van der Waals surface area contributed by atoms with E-state index in [2.05, 4.69) is 0 Å². The Bertz CT molecular complexity index is 808. The molecule has 1 amide bonds. The lowest BCUT2D eigenvalue weighted by Gasteiger charge is -2.43. The molecule has 0 radical (unpaired) electrons. The Morgan fingerprint density at radius 1 is 1.16 bits per heavy atom. The van der Waals surface area contributed by atoms with Crippen LogP contribution in [0.25, 0.3) is 0 Å². The van der Waals surface area contributed by atoms with E-state index >= 15 is 0 Å². The molecule has 0 spiro atoms. The number of morpholine rings is 1. The standard InChI is InChI=1S/C19H22N2O4/c22-18-7-3-4-10-20(18)13-14-8-9-17(25-14)19(23)21-11-12-24-16-6-2-1-5-15(16)21/h3-4,7-10,15-16H,1-2,5-6,11-13H2/t15-,16+/m1/s1. The minimum Gasteiger partial charge on any atom is -0.454 e. The van der Waals surface area contributed by atoms with Crippen LogP contribution in [0.4, 0.5) is 0 Å². The van der Waals surface area contributed by atoms with Crippen LogP contribution in [-0.2, 0) is 11.3 Å². The molecular formula is C19H22N2O4. The fraction of sp³-hybridized carbons (Fsp3) is 0.474. The van der Waals surface area contributed by atoms with Crippen molar-refractivity contribution in [1.29, 1.82) is 0 Å². The molecule has 0 bridgehead atoms. The van der Waals surface area contributed by atoms with Crippen LogP contribution in [0.15, 0.2) is 45.7 Å². The molecular weight excluding hydrogens is 320 g/mol. The highest BCUT2D eigenvalue weighted by Crippen LogP contribution is 2.29. The predicted molar refractivity (Wildman–Crippen MR) is 91.5 cm³/mol. The summed E-state index contributed by atoms with van der Waals surface area (Å²) < 4.78 is 13.1. The van der Waals surface area contributed by atoms with Crippen LogP contribution >= 0.6 is 0 Å². The number of pyridine rings is 1. The van der Waals surface area contributed by atoms with Crippen LogP contribution in [0.3, 0.4) is 0 Å². The zero-order chi connectivity index (χ0) is 17.2. The summed E-state index contributed by atoms with van der Waals surface area (Å²) in [5.41, 5.74) is -0.0926. The molecule has 0 aromatic carbocycles. The molecule has 25 heavy (non-hydrogen) atoms. The van der Waals surface area contributed by atoms with Crippen molar-refractivity contribution in [1.82, 2.24) is 9.47 Å².